The molecule has 17 heavy (non-hydrogen) atoms. The Morgan fingerprint density at radius 1 is 1.41 bits per heavy atom. The number of primary amides is 1. The van der Waals surface area contributed by atoms with Crippen molar-refractivity contribution in [2.45, 2.75) is 12.5 Å². The SMILES string of the molecule is COc1cc(Cl)cc(C(N)CC(N)=O)c1OC. The molecule has 0 bridgehead atoms. The number of nitrogens with two attached hydrogens (primary N) is 2. The van der Waals surface area contributed by atoms with E-state index in [1.54, 1.807) is 12.1 Å². The molecular formula is C11H15ClN2O3. The maximum Gasteiger partial charge on any atom is 0.219 e. The van der Waals surface area contributed by atoms with Crippen LogP contribution in [0, 0.1) is 0 Å². The highest BCUT2D eigenvalue weighted by Crippen LogP contribution is 2.37. The summed E-state index contributed by atoms with van der Waals surface area (Å²) in [5, 5.41) is 0.456. The van der Waals surface area contributed by atoms with Crippen LogP contribution in [0.5, 0.6) is 11.5 Å². The van der Waals surface area contributed by atoms with Crippen LogP contribution in [0.4, 0.5) is 0 Å². The number of carbonyl (C=O) groups is 1. The van der Waals surface area contributed by atoms with E-state index in [0.717, 1.165) is 0 Å². The maximum absolute atomic E-state index is 10.9. The first kappa shape index (κ1) is 13.6. The molecule has 0 saturated heterocycles. The molecular weight excluding hydrogens is 244 g/mol. The van der Waals surface area contributed by atoms with E-state index < -0.39 is 11.9 Å². The van der Waals surface area contributed by atoms with Crippen molar-refractivity contribution in [3.05, 3.63) is 22.7 Å². The fourth-order valence-corrected chi connectivity index (χ4v) is 1.78. The lowest BCUT2D eigenvalue weighted by atomic mass is 10.0. The Morgan fingerprint density at radius 3 is 2.53 bits per heavy atom. The van der Waals surface area contributed by atoms with Crippen molar-refractivity contribution in [1.29, 1.82) is 0 Å². The van der Waals surface area contributed by atoms with E-state index in [-0.39, 0.29) is 6.42 Å². The Balaban J connectivity index is 3.20. The van der Waals surface area contributed by atoms with Crippen molar-refractivity contribution < 1.29 is 14.3 Å². The van der Waals surface area contributed by atoms with Gasteiger partial charge in [-0.25, -0.2) is 0 Å². The second-order valence-corrected chi connectivity index (χ2v) is 3.94. The molecule has 0 aliphatic carbocycles. The summed E-state index contributed by atoms with van der Waals surface area (Å²) in [5.41, 5.74) is 11.6. The van der Waals surface area contributed by atoms with E-state index in [2.05, 4.69) is 0 Å². The van der Waals surface area contributed by atoms with Gasteiger partial charge in [0.05, 0.1) is 14.2 Å². The molecule has 0 saturated carbocycles. The van der Waals surface area contributed by atoms with Gasteiger partial charge in [0.1, 0.15) is 0 Å². The number of halogens is 1. The van der Waals surface area contributed by atoms with Crippen molar-refractivity contribution in [2.75, 3.05) is 14.2 Å². The van der Waals surface area contributed by atoms with Crippen LogP contribution in [0.1, 0.15) is 18.0 Å². The number of carbonyl (C=O) groups excluding carboxylic acids is 1. The highest BCUT2D eigenvalue weighted by molar-refractivity contribution is 6.30. The zero-order valence-electron chi connectivity index (χ0n) is 9.70. The average Bonchev–Trinajstić information content (AvgIpc) is 2.26. The van der Waals surface area contributed by atoms with Gasteiger partial charge in [-0.3, -0.25) is 4.79 Å². The Morgan fingerprint density at radius 2 is 2.06 bits per heavy atom. The van der Waals surface area contributed by atoms with Gasteiger partial charge in [0.25, 0.3) is 0 Å². The van der Waals surface area contributed by atoms with E-state index in [1.165, 1.54) is 14.2 Å². The van der Waals surface area contributed by atoms with E-state index in [9.17, 15) is 4.79 Å². The maximum atomic E-state index is 10.9. The lowest BCUT2D eigenvalue weighted by Crippen LogP contribution is -2.21. The molecule has 0 aromatic heterocycles. The summed E-state index contributed by atoms with van der Waals surface area (Å²) in [6.45, 7) is 0. The van der Waals surface area contributed by atoms with Crippen LogP contribution >= 0.6 is 11.6 Å². The fraction of sp³-hybridized carbons (Fsp3) is 0.364. The molecule has 0 radical (unpaired) electrons. The van der Waals surface area contributed by atoms with Gasteiger partial charge >= 0.3 is 0 Å². The minimum Gasteiger partial charge on any atom is -0.493 e. The number of ether oxygens (including phenoxy) is 2. The molecule has 0 aliphatic heterocycles. The van der Waals surface area contributed by atoms with Crippen LogP contribution < -0.4 is 20.9 Å². The van der Waals surface area contributed by atoms with Crippen molar-refractivity contribution in [3.63, 3.8) is 0 Å². The number of hydrogen-bond acceptors (Lipinski definition) is 4. The predicted octanol–water partition coefficient (Wildman–Crippen LogP) is 1.23. The summed E-state index contributed by atoms with van der Waals surface area (Å²) >= 11 is 5.93. The smallest absolute Gasteiger partial charge is 0.219 e. The van der Waals surface area contributed by atoms with Gasteiger partial charge < -0.3 is 20.9 Å². The van der Waals surface area contributed by atoms with Crippen molar-refractivity contribution in [3.8, 4) is 11.5 Å². The number of methoxy groups -OCH3 is 2. The molecule has 0 spiro atoms. The lowest BCUT2D eigenvalue weighted by Gasteiger charge is -2.17. The molecule has 1 amide bonds. The van der Waals surface area contributed by atoms with Gasteiger partial charge in [0.15, 0.2) is 11.5 Å². The van der Waals surface area contributed by atoms with Crippen LogP contribution in [0.25, 0.3) is 0 Å². The molecule has 1 aromatic rings. The standard InChI is InChI=1S/C11H15ClN2O3/c1-16-9-4-6(12)3-7(11(9)17-2)8(13)5-10(14)15/h3-4,8H,5,13H2,1-2H3,(H2,14,15). The fourth-order valence-electron chi connectivity index (χ4n) is 1.56. The number of amides is 1. The van der Waals surface area contributed by atoms with E-state index in [1.807, 2.05) is 0 Å². The molecule has 1 rings (SSSR count). The molecule has 1 atom stereocenters. The van der Waals surface area contributed by atoms with Crippen LogP contribution in [0.15, 0.2) is 12.1 Å². The highest BCUT2D eigenvalue weighted by atomic mass is 35.5. The second-order valence-electron chi connectivity index (χ2n) is 3.51. The Labute approximate surface area is 105 Å². The molecule has 6 heteroatoms. The third-order valence-electron chi connectivity index (χ3n) is 2.29. The topological polar surface area (TPSA) is 87.6 Å². The van der Waals surface area contributed by atoms with Crippen LogP contribution in [0.3, 0.4) is 0 Å². The van der Waals surface area contributed by atoms with Crippen molar-refractivity contribution >= 4 is 17.5 Å². The number of benzene rings is 1. The van der Waals surface area contributed by atoms with Gasteiger partial charge in [-0.2, -0.15) is 0 Å². The minimum absolute atomic E-state index is 0.0137. The summed E-state index contributed by atoms with van der Waals surface area (Å²) < 4.78 is 10.3. The second kappa shape index (κ2) is 5.75. The lowest BCUT2D eigenvalue weighted by molar-refractivity contribution is -0.118. The third kappa shape index (κ3) is 3.25. The normalized spacial score (nSPS) is 12.0. The molecule has 0 heterocycles. The largest absolute Gasteiger partial charge is 0.493 e. The van der Waals surface area contributed by atoms with Gasteiger partial charge in [-0.1, -0.05) is 11.6 Å². The zero-order valence-corrected chi connectivity index (χ0v) is 10.5. The highest BCUT2D eigenvalue weighted by Gasteiger charge is 2.19. The Hall–Kier alpha value is -1.46. The Bertz CT molecular complexity index is 423. The van der Waals surface area contributed by atoms with E-state index in [0.29, 0.717) is 22.1 Å². The Kier molecular flexibility index (Phi) is 4.60. The third-order valence-corrected chi connectivity index (χ3v) is 2.51. The molecule has 5 nitrogen and oxygen atoms in total. The van der Waals surface area contributed by atoms with E-state index in [4.69, 9.17) is 32.5 Å². The monoisotopic (exact) mass is 258 g/mol. The minimum atomic E-state index is -0.574. The van der Waals surface area contributed by atoms with Gasteiger partial charge in [-0.15, -0.1) is 0 Å². The van der Waals surface area contributed by atoms with Crippen molar-refractivity contribution in [1.82, 2.24) is 0 Å². The molecule has 1 unspecified atom stereocenters. The zero-order chi connectivity index (χ0) is 13.0. The van der Waals surface area contributed by atoms with Gasteiger partial charge in [-0.05, 0) is 6.07 Å². The van der Waals surface area contributed by atoms with Crippen LogP contribution in [-0.4, -0.2) is 20.1 Å². The predicted molar refractivity (Wildman–Crippen MR) is 65.3 cm³/mol. The first-order chi connectivity index (χ1) is 7.99. The van der Waals surface area contributed by atoms with Crippen LogP contribution in [-0.2, 0) is 4.79 Å². The number of rotatable bonds is 5. The molecule has 94 valence electrons. The summed E-state index contributed by atoms with van der Waals surface area (Å²) in [6.07, 6.45) is 0.0137. The first-order valence-corrected chi connectivity index (χ1v) is 5.32. The summed E-state index contributed by atoms with van der Waals surface area (Å²) in [6, 6.07) is 2.67. The summed E-state index contributed by atoms with van der Waals surface area (Å²) in [4.78, 5) is 10.9. The number of hydrogen-bond donors (Lipinski definition) is 2. The quantitative estimate of drug-likeness (QED) is 0.832. The van der Waals surface area contributed by atoms with Crippen LogP contribution in [0.2, 0.25) is 5.02 Å². The van der Waals surface area contributed by atoms with E-state index >= 15 is 0 Å². The molecule has 1 aromatic carbocycles. The molecule has 0 fully saturated rings. The molecule has 0 aliphatic rings. The summed E-state index contributed by atoms with van der Waals surface area (Å²) in [5.74, 6) is 0.444. The average molecular weight is 259 g/mol. The first-order valence-electron chi connectivity index (χ1n) is 4.95. The summed E-state index contributed by atoms with van der Waals surface area (Å²) in [7, 11) is 2.99. The van der Waals surface area contributed by atoms with Gasteiger partial charge in [0.2, 0.25) is 5.91 Å². The van der Waals surface area contributed by atoms with Gasteiger partial charge in [0, 0.05) is 29.1 Å². The van der Waals surface area contributed by atoms with Crippen molar-refractivity contribution in [2.24, 2.45) is 11.5 Å². The molecule has 4 N–H and O–H groups in total.